The molecule has 2 N–H and O–H groups in total. The van der Waals surface area contributed by atoms with E-state index in [-0.39, 0.29) is 11.1 Å². The van der Waals surface area contributed by atoms with Gasteiger partial charge in [-0.05, 0) is 71.5 Å². The van der Waals surface area contributed by atoms with Crippen molar-refractivity contribution in [2.45, 2.75) is 71.3 Å². The smallest absolute Gasteiger partial charge is 0.229 e. The molecule has 1 fully saturated rings. The van der Waals surface area contributed by atoms with Crippen molar-refractivity contribution in [3.63, 3.8) is 0 Å². The Morgan fingerprint density at radius 1 is 1.31 bits per heavy atom. The Labute approximate surface area is 206 Å². The van der Waals surface area contributed by atoms with E-state index in [4.69, 9.17) is 25.7 Å². The third-order valence-corrected chi connectivity index (χ3v) is 12.2. The monoisotopic (exact) mass is 540 g/mol. The van der Waals surface area contributed by atoms with Crippen LogP contribution in [0.5, 0.6) is 0 Å². The lowest BCUT2D eigenvalue weighted by Gasteiger charge is -2.36. The molecule has 0 bridgehead atoms. The molecule has 1 aromatic carbocycles. The average Bonchev–Trinajstić information content (AvgIpc) is 2.72. The van der Waals surface area contributed by atoms with Gasteiger partial charge >= 0.3 is 0 Å². The van der Waals surface area contributed by atoms with E-state index in [0.717, 1.165) is 46.6 Å². The first-order valence-corrected chi connectivity index (χ1v) is 15.1. The fourth-order valence-electron chi connectivity index (χ4n) is 3.12. The number of benzene rings is 1. The second-order valence-electron chi connectivity index (χ2n) is 9.89. The number of aromatic nitrogens is 2. The first-order valence-electron chi connectivity index (χ1n) is 11.0. The van der Waals surface area contributed by atoms with Crippen molar-refractivity contribution in [1.29, 1.82) is 0 Å². The predicted octanol–water partition coefficient (Wildman–Crippen LogP) is 7.06. The number of hydrogen-bond acceptors (Lipinski definition) is 6. The van der Waals surface area contributed by atoms with Crippen molar-refractivity contribution < 1.29 is 9.16 Å². The standard InChI is InChI=1S/C23H34BrClN4O2Si/c1-15-12-26-22(29-21(15)27-17-8-7-9-30-14-17)28-18-10-16(20(24)19(25)11-18)13-31-32(5,6)23(2,3)4/h10-12,17H,7-9,13-14H2,1-6H3,(H2,26,27,28,29)/t17-/m1/s1. The lowest BCUT2D eigenvalue weighted by Crippen LogP contribution is -2.40. The van der Waals surface area contributed by atoms with Crippen LogP contribution in [0.3, 0.4) is 0 Å². The number of rotatable bonds is 7. The van der Waals surface area contributed by atoms with E-state index in [1.165, 1.54) is 0 Å². The number of hydrogen-bond donors (Lipinski definition) is 2. The molecule has 0 radical (unpaired) electrons. The van der Waals surface area contributed by atoms with Gasteiger partial charge in [-0.1, -0.05) is 32.4 Å². The normalized spacial score (nSPS) is 17.3. The summed E-state index contributed by atoms with van der Waals surface area (Å²) in [7, 11) is -1.88. The van der Waals surface area contributed by atoms with Crippen LogP contribution < -0.4 is 10.6 Å². The van der Waals surface area contributed by atoms with Crippen LogP contribution in [0.4, 0.5) is 17.5 Å². The summed E-state index contributed by atoms with van der Waals surface area (Å²) in [4.78, 5) is 9.15. The summed E-state index contributed by atoms with van der Waals surface area (Å²) >= 11 is 10.1. The fraction of sp³-hybridized carbons (Fsp3) is 0.565. The van der Waals surface area contributed by atoms with E-state index in [0.29, 0.717) is 24.2 Å². The van der Waals surface area contributed by atoms with E-state index in [9.17, 15) is 0 Å². The summed E-state index contributed by atoms with van der Waals surface area (Å²) in [6.07, 6.45) is 3.96. The molecule has 2 aromatic rings. The third-order valence-electron chi connectivity index (χ3n) is 6.23. The van der Waals surface area contributed by atoms with Crippen LogP contribution in [-0.2, 0) is 15.8 Å². The zero-order valence-electron chi connectivity index (χ0n) is 19.8. The van der Waals surface area contributed by atoms with Crippen LogP contribution in [0.25, 0.3) is 0 Å². The molecule has 0 amide bonds. The highest BCUT2D eigenvalue weighted by Gasteiger charge is 2.37. The van der Waals surface area contributed by atoms with Gasteiger partial charge in [0, 0.05) is 28.5 Å². The summed E-state index contributed by atoms with van der Waals surface area (Å²) in [6.45, 7) is 15.2. The first kappa shape index (κ1) is 25.4. The Morgan fingerprint density at radius 2 is 2.06 bits per heavy atom. The molecule has 0 aliphatic carbocycles. The second-order valence-corrected chi connectivity index (χ2v) is 15.9. The maximum atomic E-state index is 6.51. The van der Waals surface area contributed by atoms with Crippen LogP contribution in [-0.4, -0.2) is 37.5 Å². The van der Waals surface area contributed by atoms with Crippen molar-refractivity contribution in [1.82, 2.24) is 9.97 Å². The molecule has 1 aliphatic heterocycles. The van der Waals surface area contributed by atoms with Crippen molar-refractivity contribution in [3.05, 3.63) is 39.0 Å². The maximum absolute atomic E-state index is 6.51. The lowest BCUT2D eigenvalue weighted by atomic mass is 10.1. The topological polar surface area (TPSA) is 68.3 Å². The Hall–Kier alpha value is -1.19. The molecular formula is C23H34BrClN4O2Si. The summed E-state index contributed by atoms with van der Waals surface area (Å²) in [5, 5.41) is 7.55. The zero-order valence-corrected chi connectivity index (χ0v) is 23.2. The average molecular weight is 542 g/mol. The minimum Gasteiger partial charge on any atom is -0.413 e. The van der Waals surface area contributed by atoms with Gasteiger partial charge in [0.05, 0.1) is 24.3 Å². The van der Waals surface area contributed by atoms with E-state index in [2.05, 4.69) is 65.4 Å². The molecule has 9 heteroatoms. The number of aryl methyl sites for hydroxylation is 1. The van der Waals surface area contributed by atoms with Gasteiger partial charge in [-0.3, -0.25) is 0 Å². The first-order chi connectivity index (χ1) is 15.0. The van der Waals surface area contributed by atoms with Gasteiger partial charge in [0.2, 0.25) is 5.95 Å². The van der Waals surface area contributed by atoms with Gasteiger partial charge < -0.3 is 19.8 Å². The highest BCUT2D eigenvalue weighted by molar-refractivity contribution is 9.10. The quantitative estimate of drug-likeness (QED) is 0.366. The number of halogens is 2. The van der Waals surface area contributed by atoms with Crippen molar-refractivity contribution in [3.8, 4) is 0 Å². The minimum absolute atomic E-state index is 0.141. The Bertz CT molecular complexity index is 946. The molecule has 176 valence electrons. The second kappa shape index (κ2) is 10.4. The highest BCUT2D eigenvalue weighted by atomic mass is 79.9. The van der Waals surface area contributed by atoms with Crippen LogP contribution in [0.1, 0.15) is 44.7 Å². The van der Waals surface area contributed by atoms with E-state index >= 15 is 0 Å². The third kappa shape index (κ3) is 6.44. The minimum atomic E-state index is -1.88. The van der Waals surface area contributed by atoms with Gasteiger partial charge in [0.1, 0.15) is 5.82 Å². The summed E-state index contributed by atoms with van der Waals surface area (Å²) in [5.41, 5.74) is 2.82. The lowest BCUT2D eigenvalue weighted by molar-refractivity contribution is 0.0875. The molecule has 0 saturated carbocycles. The molecule has 1 aliphatic rings. The number of nitrogens with one attached hydrogen (secondary N) is 2. The van der Waals surface area contributed by atoms with Crippen LogP contribution in [0.2, 0.25) is 23.2 Å². The van der Waals surface area contributed by atoms with Gasteiger partial charge in [-0.15, -0.1) is 0 Å². The van der Waals surface area contributed by atoms with Crippen LogP contribution in [0, 0.1) is 6.92 Å². The number of nitrogens with zero attached hydrogens (tertiary/aromatic N) is 2. The summed E-state index contributed by atoms with van der Waals surface area (Å²) in [5.74, 6) is 1.34. The van der Waals surface area contributed by atoms with Crippen molar-refractivity contribution in [2.75, 3.05) is 23.8 Å². The molecule has 1 atom stereocenters. The van der Waals surface area contributed by atoms with Crippen LogP contribution in [0.15, 0.2) is 22.8 Å². The molecule has 1 aromatic heterocycles. The van der Waals surface area contributed by atoms with E-state index < -0.39 is 8.32 Å². The summed E-state index contributed by atoms with van der Waals surface area (Å²) in [6, 6.07) is 4.17. The largest absolute Gasteiger partial charge is 0.413 e. The molecule has 1 saturated heterocycles. The highest BCUT2D eigenvalue weighted by Crippen LogP contribution is 2.38. The Balaban J connectivity index is 1.76. The fourth-order valence-corrected chi connectivity index (χ4v) is 4.65. The maximum Gasteiger partial charge on any atom is 0.229 e. The molecule has 32 heavy (non-hydrogen) atoms. The molecule has 0 unspecified atom stereocenters. The molecule has 0 spiro atoms. The molecule has 6 nitrogen and oxygen atoms in total. The Kier molecular flexibility index (Phi) is 8.25. The van der Waals surface area contributed by atoms with E-state index in [1.807, 2.05) is 25.3 Å². The molecular weight excluding hydrogens is 508 g/mol. The van der Waals surface area contributed by atoms with E-state index in [1.54, 1.807) is 0 Å². The number of ether oxygens (including phenoxy) is 1. The van der Waals surface area contributed by atoms with Gasteiger partial charge in [0.15, 0.2) is 8.32 Å². The van der Waals surface area contributed by atoms with Gasteiger partial charge in [-0.25, -0.2) is 4.98 Å². The number of anilines is 3. The van der Waals surface area contributed by atoms with Gasteiger partial charge in [0.25, 0.3) is 0 Å². The predicted molar refractivity (Wildman–Crippen MR) is 139 cm³/mol. The Morgan fingerprint density at radius 3 is 2.72 bits per heavy atom. The SMILES string of the molecule is Cc1cnc(Nc2cc(Cl)c(Br)c(CO[Si](C)(C)C(C)(C)C)c2)nc1N[C@@H]1CCCOC1. The van der Waals surface area contributed by atoms with Gasteiger partial charge in [-0.2, -0.15) is 4.98 Å². The molecule has 3 rings (SSSR count). The van der Waals surface area contributed by atoms with Crippen molar-refractivity contribution in [2.24, 2.45) is 0 Å². The zero-order chi connectivity index (χ0) is 23.5. The van der Waals surface area contributed by atoms with Crippen molar-refractivity contribution >= 4 is 53.3 Å². The summed E-state index contributed by atoms with van der Waals surface area (Å²) < 4.78 is 12.8. The molecule has 2 heterocycles. The van der Waals surface area contributed by atoms with Crippen LogP contribution >= 0.6 is 27.5 Å².